The number of amides is 1. The number of benzene rings is 1. The number of nitrogens with one attached hydrogen (secondary N) is 1. The van der Waals surface area contributed by atoms with E-state index in [1.807, 2.05) is 13.0 Å². The van der Waals surface area contributed by atoms with E-state index < -0.39 is 6.04 Å². The maximum absolute atomic E-state index is 11.7. The van der Waals surface area contributed by atoms with Crippen molar-refractivity contribution >= 4 is 27.5 Å². The Kier molecular flexibility index (Phi) is 5.44. The van der Waals surface area contributed by atoms with Crippen LogP contribution in [0, 0.1) is 0 Å². The van der Waals surface area contributed by atoms with Gasteiger partial charge in [0, 0.05) is 16.2 Å². The van der Waals surface area contributed by atoms with Crippen LogP contribution in [-0.4, -0.2) is 19.1 Å². The average Bonchev–Trinajstić information content (AvgIpc) is 2.28. The van der Waals surface area contributed by atoms with Crippen LogP contribution < -0.4 is 15.8 Å². The summed E-state index contributed by atoms with van der Waals surface area (Å²) in [5.74, 6) is 0.505. The number of anilines is 1. The van der Waals surface area contributed by atoms with Gasteiger partial charge in [-0.3, -0.25) is 4.79 Å². The molecule has 17 heavy (non-hydrogen) atoms. The first-order valence-electron chi connectivity index (χ1n) is 5.47. The fraction of sp³-hybridized carbons (Fsp3) is 0.417. The smallest absolute Gasteiger partial charge is 0.241 e. The summed E-state index contributed by atoms with van der Waals surface area (Å²) in [4.78, 5) is 11.7. The molecular formula is C12H17BrN2O2. The lowest BCUT2D eigenvalue weighted by molar-refractivity contribution is -0.117. The fourth-order valence-electron chi connectivity index (χ4n) is 1.43. The van der Waals surface area contributed by atoms with Gasteiger partial charge in [0.1, 0.15) is 5.75 Å². The van der Waals surface area contributed by atoms with Crippen LogP contribution in [0.25, 0.3) is 0 Å². The van der Waals surface area contributed by atoms with Gasteiger partial charge in [-0.05, 0) is 18.6 Å². The second-order valence-corrected chi connectivity index (χ2v) is 4.68. The summed E-state index contributed by atoms with van der Waals surface area (Å²) in [6.45, 7) is 2.00. The third-order valence-corrected chi connectivity index (χ3v) is 2.77. The molecule has 0 radical (unpaired) electrons. The van der Waals surface area contributed by atoms with E-state index >= 15 is 0 Å². The van der Waals surface area contributed by atoms with Gasteiger partial charge in [0.25, 0.3) is 0 Å². The Labute approximate surface area is 110 Å². The van der Waals surface area contributed by atoms with Crippen molar-refractivity contribution in [2.75, 3.05) is 12.4 Å². The van der Waals surface area contributed by atoms with Gasteiger partial charge in [-0.1, -0.05) is 29.3 Å². The molecule has 3 N–H and O–H groups in total. The maximum atomic E-state index is 11.7. The number of halogens is 1. The van der Waals surface area contributed by atoms with Gasteiger partial charge in [0.05, 0.1) is 13.2 Å². The van der Waals surface area contributed by atoms with Gasteiger partial charge in [0.2, 0.25) is 5.91 Å². The lowest BCUT2D eigenvalue weighted by Gasteiger charge is -2.12. The van der Waals surface area contributed by atoms with Crippen molar-refractivity contribution in [2.24, 2.45) is 5.73 Å². The molecule has 0 aliphatic rings. The minimum atomic E-state index is -0.468. The Morgan fingerprint density at radius 2 is 2.24 bits per heavy atom. The van der Waals surface area contributed by atoms with E-state index in [2.05, 4.69) is 21.2 Å². The molecule has 5 heteroatoms. The zero-order valence-electron chi connectivity index (χ0n) is 10.00. The lowest BCUT2D eigenvalue weighted by atomic mass is 10.1. The normalized spacial score (nSPS) is 12.0. The molecule has 0 heterocycles. The standard InChI is InChI=1S/C12H17BrN2O2/c1-3-4-11(14)12(16)15-9-5-8(13)6-10(7-9)17-2/h5-7,11H,3-4,14H2,1-2H3,(H,15,16). The van der Waals surface area contributed by atoms with E-state index in [0.29, 0.717) is 17.9 Å². The number of carbonyl (C=O) groups is 1. The third-order valence-electron chi connectivity index (χ3n) is 2.31. The van der Waals surface area contributed by atoms with Gasteiger partial charge in [0.15, 0.2) is 0 Å². The van der Waals surface area contributed by atoms with Crippen LogP contribution in [0.1, 0.15) is 19.8 Å². The molecule has 0 fully saturated rings. The number of hydrogen-bond donors (Lipinski definition) is 2. The molecule has 0 aromatic heterocycles. The minimum Gasteiger partial charge on any atom is -0.497 e. The molecule has 0 saturated carbocycles. The number of ether oxygens (including phenoxy) is 1. The Bertz CT molecular complexity index is 396. The summed E-state index contributed by atoms with van der Waals surface area (Å²) in [6, 6.07) is 4.91. The van der Waals surface area contributed by atoms with Crippen molar-refractivity contribution in [2.45, 2.75) is 25.8 Å². The predicted octanol–water partition coefficient (Wildman–Crippen LogP) is 2.52. The van der Waals surface area contributed by atoms with E-state index in [1.165, 1.54) is 0 Å². The highest BCUT2D eigenvalue weighted by Gasteiger charge is 2.12. The summed E-state index contributed by atoms with van der Waals surface area (Å²) >= 11 is 3.35. The van der Waals surface area contributed by atoms with Crippen molar-refractivity contribution in [3.63, 3.8) is 0 Å². The van der Waals surface area contributed by atoms with Crippen LogP contribution in [-0.2, 0) is 4.79 Å². The van der Waals surface area contributed by atoms with Crippen molar-refractivity contribution in [1.29, 1.82) is 0 Å². The molecule has 0 bridgehead atoms. The molecule has 0 aliphatic heterocycles. The van der Waals surface area contributed by atoms with Gasteiger partial charge >= 0.3 is 0 Å². The van der Waals surface area contributed by atoms with E-state index in [-0.39, 0.29) is 5.91 Å². The van der Waals surface area contributed by atoms with E-state index in [1.54, 1.807) is 19.2 Å². The molecule has 1 aromatic carbocycles. The van der Waals surface area contributed by atoms with E-state index in [0.717, 1.165) is 10.9 Å². The highest BCUT2D eigenvalue weighted by atomic mass is 79.9. The third kappa shape index (κ3) is 4.36. The maximum Gasteiger partial charge on any atom is 0.241 e. The van der Waals surface area contributed by atoms with Crippen LogP contribution in [0.15, 0.2) is 22.7 Å². The molecular weight excluding hydrogens is 284 g/mol. The Hall–Kier alpha value is -1.07. The molecule has 1 aromatic rings. The number of rotatable bonds is 5. The molecule has 0 spiro atoms. The SMILES string of the molecule is CCCC(N)C(=O)Nc1cc(Br)cc(OC)c1. The van der Waals surface area contributed by atoms with Crippen molar-refractivity contribution < 1.29 is 9.53 Å². The van der Waals surface area contributed by atoms with Crippen LogP contribution in [0.3, 0.4) is 0 Å². The largest absolute Gasteiger partial charge is 0.497 e. The zero-order chi connectivity index (χ0) is 12.8. The van der Waals surface area contributed by atoms with Gasteiger partial charge in [-0.15, -0.1) is 0 Å². The number of methoxy groups -OCH3 is 1. The van der Waals surface area contributed by atoms with Crippen molar-refractivity contribution in [3.8, 4) is 5.75 Å². The van der Waals surface area contributed by atoms with Crippen molar-refractivity contribution in [1.82, 2.24) is 0 Å². The van der Waals surface area contributed by atoms with Gasteiger partial charge in [-0.25, -0.2) is 0 Å². The molecule has 94 valence electrons. The van der Waals surface area contributed by atoms with E-state index in [4.69, 9.17) is 10.5 Å². The Morgan fingerprint density at radius 3 is 2.82 bits per heavy atom. The topological polar surface area (TPSA) is 64.4 Å². The summed E-state index contributed by atoms with van der Waals surface area (Å²) in [5.41, 5.74) is 6.40. The quantitative estimate of drug-likeness (QED) is 0.878. The minimum absolute atomic E-state index is 0.174. The first kappa shape index (κ1) is 14.0. The first-order valence-corrected chi connectivity index (χ1v) is 6.27. The highest BCUT2D eigenvalue weighted by molar-refractivity contribution is 9.10. The Balaban J connectivity index is 2.74. The Morgan fingerprint density at radius 1 is 1.53 bits per heavy atom. The molecule has 1 amide bonds. The second-order valence-electron chi connectivity index (χ2n) is 3.76. The van der Waals surface area contributed by atoms with Crippen LogP contribution in [0.5, 0.6) is 5.75 Å². The van der Waals surface area contributed by atoms with Gasteiger partial charge < -0.3 is 15.8 Å². The molecule has 4 nitrogen and oxygen atoms in total. The first-order chi connectivity index (χ1) is 8.06. The second kappa shape index (κ2) is 6.61. The number of nitrogens with two attached hydrogens (primary N) is 1. The lowest BCUT2D eigenvalue weighted by Crippen LogP contribution is -2.35. The van der Waals surface area contributed by atoms with Crippen LogP contribution >= 0.6 is 15.9 Å². The molecule has 1 unspecified atom stereocenters. The molecule has 0 aliphatic carbocycles. The number of carbonyl (C=O) groups excluding carboxylic acids is 1. The fourth-order valence-corrected chi connectivity index (χ4v) is 1.90. The average molecular weight is 301 g/mol. The number of hydrogen-bond acceptors (Lipinski definition) is 3. The van der Waals surface area contributed by atoms with Crippen molar-refractivity contribution in [3.05, 3.63) is 22.7 Å². The molecule has 1 atom stereocenters. The molecule has 0 saturated heterocycles. The monoisotopic (exact) mass is 300 g/mol. The van der Waals surface area contributed by atoms with Gasteiger partial charge in [-0.2, -0.15) is 0 Å². The summed E-state index contributed by atoms with van der Waals surface area (Å²) in [6.07, 6.45) is 1.56. The van der Waals surface area contributed by atoms with E-state index in [9.17, 15) is 4.79 Å². The molecule has 1 rings (SSSR count). The summed E-state index contributed by atoms with van der Waals surface area (Å²) in [5, 5.41) is 2.77. The highest BCUT2D eigenvalue weighted by Crippen LogP contribution is 2.24. The van der Waals surface area contributed by atoms with Crippen LogP contribution in [0.4, 0.5) is 5.69 Å². The predicted molar refractivity (Wildman–Crippen MR) is 72.2 cm³/mol. The van der Waals surface area contributed by atoms with Crippen LogP contribution in [0.2, 0.25) is 0 Å². The summed E-state index contributed by atoms with van der Waals surface area (Å²) < 4.78 is 5.96. The summed E-state index contributed by atoms with van der Waals surface area (Å²) in [7, 11) is 1.58. The zero-order valence-corrected chi connectivity index (χ0v) is 11.6.